The molecule has 1 aromatic heterocycles. The lowest BCUT2D eigenvalue weighted by Crippen LogP contribution is -2.41. The standard InChI is InChI=1S/C22H34N6O.HI/c1-3-23-22(25-16-21(29)27-18-10-5-4-6-11-18)24-14-9-15-28-17(2)26-19-12-7-8-13-20(19)28;/h7-8,12-13,18H,3-6,9-11,14-16H2,1-2H3,(H,27,29)(H2,23,24,25);1H. The van der Waals surface area contributed by atoms with Crippen molar-refractivity contribution in [3.8, 4) is 0 Å². The number of guanidine groups is 1. The van der Waals surface area contributed by atoms with Crippen LogP contribution < -0.4 is 16.0 Å². The average molecular weight is 526 g/mol. The second-order valence-corrected chi connectivity index (χ2v) is 7.68. The Labute approximate surface area is 196 Å². The van der Waals surface area contributed by atoms with E-state index in [1.54, 1.807) is 0 Å². The molecule has 0 atom stereocenters. The predicted molar refractivity (Wildman–Crippen MR) is 133 cm³/mol. The van der Waals surface area contributed by atoms with E-state index in [2.05, 4.69) is 36.6 Å². The number of carbonyl (C=O) groups excluding carboxylic acids is 1. The van der Waals surface area contributed by atoms with E-state index < -0.39 is 0 Å². The number of nitrogens with one attached hydrogen (secondary N) is 3. The molecule has 0 bridgehead atoms. The van der Waals surface area contributed by atoms with E-state index in [-0.39, 0.29) is 36.4 Å². The lowest BCUT2D eigenvalue weighted by molar-refractivity contribution is -0.120. The fraction of sp³-hybridized carbons (Fsp3) is 0.591. The molecule has 1 fully saturated rings. The van der Waals surface area contributed by atoms with Crippen LogP contribution in [-0.4, -0.2) is 47.1 Å². The van der Waals surface area contributed by atoms with E-state index in [1.165, 1.54) is 24.8 Å². The zero-order valence-electron chi connectivity index (χ0n) is 18.1. The van der Waals surface area contributed by atoms with Crippen LogP contribution >= 0.6 is 24.0 Å². The van der Waals surface area contributed by atoms with Gasteiger partial charge < -0.3 is 20.5 Å². The van der Waals surface area contributed by atoms with Crippen molar-refractivity contribution in [1.82, 2.24) is 25.5 Å². The van der Waals surface area contributed by atoms with Gasteiger partial charge in [-0.25, -0.2) is 9.98 Å². The molecule has 0 unspecified atom stereocenters. The monoisotopic (exact) mass is 526 g/mol. The quantitative estimate of drug-likeness (QED) is 0.213. The summed E-state index contributed by atoms with van der Waals surface area (Å²) in [4.78, 5) is 21.2. The van der Waals surface area contributed by atoms with Gasteiger partial charge in [-0.3, -0.25) is 4.79 Å². The molecule has 7 nitrogen and oxygen atoms in total. The van der Waals surface area contributed by atoms with Gasteiger partial charge in [0.2, 0.25) is 5.91 Å². The highest BCUT2D eigenvalue weighted by Crippen LogP contribution is 2.17. The minimum absolute atomic E-state index is 0. The Hall–Kier alpha value is -1.84. The van der Waals surface area contributed by atoms with E-state index in [0.717, 1.165) is 50.2 Å². The van der Waals surface area contributed by atoms with Gasteiger partial charge in [0, 0.05) is 25.7 Å². The number of hydrogen-bond acceptors (Lipinski definition) is 3. The summed E-state index contributed by atoms with van der Waals surface area (Å²) in [5.41, 5.74) is 2.21. The first-order chi connectivity index (χ1) is 14.2. The van der Waals surface area contributed by atoms with Crippen LogP contribution in [0.4, 0.5) is 0 Å². The van der Waals surface area contributed by atoms with Crippen LogP contribution in [0.1, 0.15) is 51.3 Å². The number of hydrogen-bond donors (Lipinski definition) is 3. The lowest BCUT2D eigenvalue weighted by atomic mass is 9.95. The molecule has 1 aliphatic carbocycles. The van der Waals surface area contributed by atoms with Crippen LogP contribution in [0.25, 0.3) is 11.0 Å². The molecule has 3 rings (SSSR count). The fourth-order valence-electron chi connectivity index (χ4n) is 3.94. The summed E-state index contributed by atoms with van der Waals surface area (Å²) in [6.45, 7) is 6.67. The van der Waals surface area contributed by atoms with Crippen molar-refractivity contribution in [2.24, 2.45) is 4.99 Å². The molecule has 0 saturated heterocycles. The second-order valence-electron chi connectivity index (χ2n) is 7.68. The van der Waals surface area contributed by atoms with Gasteiger partial charge in [0.25, 0.3) is 0 Å². The van der Waals surface area contributed by atoms with Gasteiger partial charge >= 0.3 is 0 Å². The maximum atomic E-state index is 12.2. The second kappa shape index (κ2) is 12.8. The Morgan fingerprint density at radius 3 is 2.73 bits per heavy atom. The molecule has 2 aromatic rings. The molecule has 8 heteroatoms. The van der Waals surface area contributed by atoms with Crippen LogP contribution in [0.2, 0.25) is 0 Å². The Kier molecular flexibility index (Phi) is 10.4. The zero-order valence-corrected chi connectivity index (χ0v) is 20.4. The van der Waals surface area contributed by atoms with Crippen LogP contribution in [0, 0.1) is 6.92 Å². The summed E-state index contributed by atoms with van der Waals surface area (Å²) in [7, 11) is 0. The number of aryl methyl sites for hydroxylation is 2. The number of nitrogens with zero attached hydrogens (tertiary/aromatic N) is 3. The van der Waals surface area contributed by atoms with E-state index >= 15 is 0 Å². The van der Waals surface area contributed by atoms with Crippen molar-refractivity contribution >= 4 is 46.9 Å². The maximum absolute atomic E-state index is 12.2. The van der Waals surface area contributed by atoms with Crippen molar-refractivity contribution in [2.75, 3.05) is 19.6 Å². The summed E-state index contributed by atoms with van der Waals surface area (Å²) in [5.74, 6) is 1.74. The summed E-state index contributed by atoms with van der Waals surface area (Å²) in [6, 6.07) is 8.55. The summed E-state index contributed by atoms with van der Waals surface area (Å²) < 4.78 is 2.25. The van der Waals surface area contributed by atoms with Crippen molar-refractivity contribution in [3.63, 3.8) is 0 Å². The van der Waals surface area contributed by atoms with Crippen LogP contribution in [0.15, 0.2) is 29.3 Å². The highest BCUT2D eigenvalue weighted by Gasteiger charge is 2.15. The number of aliphatic imine (C=N–C) groups is 1. The number of amides is 1. The molecule has 1 aromatic carbocycles. The predicted octanol–water partition coefficient (Wildman–Crippen LogP) is 3.36. The summed E-state index contributed by atoms with van der Waals surface area (Å²) >= 11 is 0. The van der Waals surface area contributed by atoms with Gasteiger partial charge in [0.15, 0.2) is 5.96 Å². The highest BCUT2D eigenvalue weighted by atomic mass is 127. The first kappa shape index (κ1) is 24.4. The van der Waals surface area contributed by atoms with Gasteiger partial charge in [0.1, 0.15) is 12.4 Å². The van der Waals surface area contributed by atoms with Gasteiger partial charge in [-0.2, -0.15) is 0 Å². The van der Waals surface area contributed by atoms with Crippen molar-refractivity contribution in [3.05, 3.63) is 30.1 Å². The molecular formula is C22H35IN6O. The highest BCUT2D eigenvalue weighted by molar-refractivity contribution is 14.0. The number of aromatic nitrogens is 2. The van der Waals surface area contributed by atoms with Gasteiger partial charge in [-0.1, -0.05) is 31.4 Å². The van der Waals surface area contributed by atoms with Crippen LogP contribution in [0.5, 0.6) is 0 Å². The molecular weight excluding hydrogens is 491 g/mol. The zero-order chi connectivity index (χ0) is 20.5. The molecule has 166 valence electrons. The number of benzene rings is 1. The summed E-state index contributed by atoms with van der Waals surface area (Å²) in [5, 5.41) is 9.66. The minimum Gasteiger partial charge on any atom is -0.357 e. The first-order valence-electron chi connectivity index (χ1n) is 10.9. The maximum Gasteiger partial charge on any atom is 0.242 e. The number of rotatable bonds is 8. The number of carbonyl (C=O) groups is 1. The number of halogens is 1. The van der Waals surface area contributed by atoms with Gasteiger partial charge in [0.05, 0.1) is 11.0 Å². The van der Waals surface area contributed by atoms with Crippen LogP contribution in [0.3, 0.4) is 0 Å². The Morgan fingerprint density at radius 1 is 1.20 bits per heavy atom. The van der Waals surface area contributed by atoms with Gasteiger partial charge in [-0.15, -0.1) is 24.0 Å². The van der Waals surface area contributed by atoms with Crippen LogP contribution in [-0.2, 0) is 11.3 Å². The fourth-order valence-corrected chi connectivity index (χ4v) is 3.94. The minimum atomic E-state index is 0. The van der Waals surface area contributed by atoms with E-state index in [4.69, 9.17) is 0 Å². The summed E-state index contributed by atoms with van der Waals surface area (Å²) in [6.07, 6.45) is 6.84. The topological polar surface area (TPSA) is 83.3 Å². The Bertz CT molecular complexity index is 828. The molecule has 1 heterocycles. The Morgan fingerprint density at radius 2 is 1.97 bits per heavy atom. The molecule has 1 aliphatic rings. The Balaban J connectivity index is 0.00000320. The van der Waals surface area contributed by atoms with Crippen molar-refractivity contribution in [2.45, 2.75) is 65.0 Å². The lowest BCUT2D eigenvalue weighted by Gasteiger charge is -2.22. The third-order valence-electron chi connectivity index (χ3n) is 5.39. The number of fused-ring (bicyclic) bond motifs is 1. The van der Waals surface area contributed by atoms with E-state index in [0.29, 0.717) is 12.0 Å². The normalized spacial score (nSPS) is 14.9. The van der Waals surface area contributed by atoms with E-state index in [1.807, 2.05) is 32.0 Å². The third-order valence-corrected chi connectivity index (χ3v) is 5.39. The number of imidazole rings is 1. The van der Waals surface area contributed by atoms with Gasteiger partial charge in [-0.05, 0) is 45.2 Å². The molecule has 3 N–H and O–H groups in total. The van der Waals surface area contributed by atoms with Crippen molar-refractivity contribution in [1.29, 1.82) is 0 Å². The molecule has 30 heavy (non-hydrogen) atoms. The number of para-hydroxylation sites is 2. The van der Waals surface area contributed by atoms with Crippen molar-refractivity contribution < 1.29 is 4.79 Å². The smallest absolute Gasteiger partial charge is 0.242 e. The molecule has 0 aliphatic heterocycles. The molecule has 0 spiro atoms. The largest absolute Gasteiger partial charge is 0.357 e. The third kappa shape index (κ3) is 7.14. The molecule has 0 radical (unpaired) electrons. The first-order valence-corrected chi connectivity index (χ1v) is 10.9. The molecule has 1 amide bonds. The molecule has 1 saturated carbocycles. The van der Waals surface area contributed by atoms with E-state index in [9.17, 15) is 4.79 Å². The SMILES string of the molecule is CCNC(=NCC(=O)NC1CCCCC1)NCCCn1c(C)nc2ccccc21.I. The average Bonchev–Trinajstić information content (AvgIpc) is 3.05.